The van der Waals surface area contributed by atoms with Crippen molar-refractivity contribution in [1.82, 2.24) is 0 Å². The molecular weight excluding hydrogens is 277 g/mol. The molecular formula is C11H16BF4N3O. The van der Waals surface area contributed by atoms with Gasteiger partial charge in [-0.1, -0.05) is 0 Å². The molecule has 0 unspecified atom stereocenters. The molecule has 0 heterocycles. The van der Waals surface area contributed by atoms with Crippen LogP contribution in [0.1, 0.15) is 12.5 Å². The topological polar surface area (TPSA) is 51.6 Å². The van der Waals surface area contributed by atoms with Gasteiger partial charge >= 0.3 is 12.9 Å². The van der Waals surface area contributed by atoms with Crippen molar-refractivity contribution < 1.29 is 22.4 Å². The minimum absolute atomic E-state index is 0.138. The Kier molecular flexibility index (Phi) is 7.61. The van der Waals surface area contributed by atoms with Crippen molar-refractivity contribution in [2.24, 2.45) is 0 Å². The average molecular weight is 293 g/mol. The maximum atomic E-state index is 9.75. The number of nitrogens with zero attached hydrogens (tertiary/aromatic N) is 3. The normalized spacial score (nSPS) is 10.3. The maximum Gasteiger partial charge on any atom is 0.673 e. The first-order valence-corrected chi connectivity index (χ1v) is 5.91. The highest BCUT2D eigenvalue weighted by molar-refractivity contribution is 6.50. The fraction of sp³-hybridized carbons (Fsp3) is 0.455. The summed E-state index contributed by atoms with van der Waals surface area (Å²) in [6.07, 6.45) is 0. The number of hydrogen-bond donors (Lipinski definition) is 1. The summed E-state index contributed by atoms with van der Waals surface area (Å²) in [6, 6.07) is 5.61. The van der Waals surface area contributed by atoms with E-state index in [9.17, 15) is 17.3 Å². The van der Waals surface area contributed by atoms with Gasteiger partial charge in [0.15, 0.2) is 4.98 Å². The maximum absolute atomic E-state index is 9.75. The van der Waals surface area contributed by atoms with E-state index < -0.39 is 7.25 Å². The smallest absolute Gasteiger partial charge is 0.418 e. The Hall–Kier alpha value is -1.82. The molecule has 0 fully saturated rings. The van der Waals surface area contributed by atoms with Crippen LogP contribution in [0.25, 0.3) is 4.98 Å². The van der Waals surface area contributed by atoms with E-state index in [0.717, 1.165) is 17.8 Å². The quantitative estimate of drug-likeness (QED) is 0.524. The van der Waals surface area contributed by atoms with Gasteiger partial charge in [-0.15, -0.1) is 0 Å². The number of likely N-dealkylation sites (N-methyl/N-ethyl adjacent to an activating group) is 1. The van der Waals surface area contributed by atoms with Gasteiger partial charge in [-0.25, -0.2) is 0 Å². The molecule has 1 aromatic carbocycles. The number of hydrogen-bond acceptors (Lipinski definition) is 3. The molecule has 0 atom stereocenters. The highest BCUT2D eigenvalue weighted by Gasteiger charge is 2.20. The molecule has 0 saturated carbocycles. The second-order valence-corrected chi connectivity index (χ2v) is 3.87. The Labute approximate surface area is 114 Å². The summed E-state index contributed by atoms with van der Waals surface area (Å²) >= 11 is 0. The van der Waals surface area contributed by atoms with Crippen molar-refractivity contribution >= 4 is 18.6 Å². The molecule has 0 aromatic heterocycles. The van der Waals surface area contributed by atoms with Crippen LogP contribution < -0.4 is 4.90 Å². The minimum atomic E-state index is -6.00. The summed E-state index contributed by atoms with van der Waals surface area (Å²) in [5.74, 6) is 0. The van der Waals surface area contributed by atoms with E-state index in [2.05, 4.69) is 9.88 Å². The molecule has 20 heavy (non-hydrogen) atoms. The molecule has 0 aliphatic heterocycles. The van der Waals surface area contributed by atoms with E-state index in [1.807, 2.05) is 26.0 Å². The van der Waals surface area contributed by atoms with Gasteiger partial charge < -0.3 is 27.3 Å². The van der Waals surface area contributed by atoms with Crippen LogP contribution in [-0.4, -0.2) is 32.1 Å². The van der Waals surface area contributed by atoms with Crippen molar-refractivity contribution in [2.75, 3.05) is 24.6 Å². The van der Waals surface area contributed by atoms with Crippen LogP contribution in [-0.2, 0) is 0 Å². The van der Waals surface area contributed by atoms with Gasteiger partial charge in [-0.05, 0) is 26.0 Å². The lowest BCUT2D eigenvalue weighted by molar-refractivity contribution is 0.302. The molecule has 0 saturated heterocycles. The Balaban J connectivity index is 0.000000621. The fourth-order valence-corrected chi connectivity index (χ4v) is 1.54. The van der Waals surface area contributed by atoms with Crippen molar-refractivity contribution in [3.8, 4) is 0 Å². The lowest BCUT2D eigenvalue weighted by Crippen LogP contribution is -2.26. The molecule has 4 nitrogen and oxygen atoms in total. The predicted octanol–water partition coefficient (Wildman–Crippen LogP) is 3.60. The second-order valence-electron chi connectivity index (χ2n) is 3.87. The zero-order valence-electron chi connectivity index (χ0n) is 11.2. The Morgan fingerprint density at radius 1 is 1.30 bits per heavy atom. The third-order valence-electron chi connectivity index (χ3n) is 2.40. The first kappa shape index (κ1) is 18.2. The number of rotatable bonds is 4. The number of anilines is 1. The molecule has 9 heteroatoms. The lowest BCUT2D eigenvalue weighted by atomic mass is 10.1. The van der Waals surface area contributed by atoms with Crippen LogP contribution in [0.4, 0.5) is 28.6 Å². The standard InChI is InChI=1S/C11H16N3O.BF4/c1-3-14(6-7-15)10-4-5-11(13-12)9(2)8-10;2-1(3,4)5/h4-5,8,15H,3,6-7H2,1-2H3;/q+1;-1. The van der Waals surface area contributed by atoms with Gasteiger partial charge in [0.25, 0.3) is 0 Å². The van der Waals surface area contributed by atoms with Gasteiger partial charge in [0.1, 0.15) is 0 Å². The predicted molar refractivity (Wildman–Crippen MR) is 71.1 cm³/mol. The van der Waals surface area contributed by atoms with E-state index in [1.165, 1.54) is 0 Å². The summed E-state index contributed by atoms with van der Waals surface area (Å²) in [6.45, 7) is 5.53. The van der Waals surface area contributed by atoms with Crippen LogP contribution >= 0.6 is 0 Å². The number of diazo groups is 1. The van der Waals surface area contributed by atoms with Gasteiger partial charge in [-0.2, -0.15) is 0 Å². The Morgan fingerprint density at radius 3 is 2.20 bits per heavy atom. The number of halogens is 4. The van der Waals surface area contributed by atoms with Crippen molar-refractivity contribution in [3.05, 3.63) is 28.7 Å². The molecule has 112 valence electrons. The zero-order chi connectivity index (χ0) is 15.8. The van der Waals surface area contributed by atoms with Gasteiger partial charge in [0, 0.05) is 30.4 Å². The Bertz CT molecular complexity index is 456. The first-order chi connectivity index (χ1) is 9.22. The largest absolute Gasteiger partial charge is 0.673 e. The zero-order valence-corrected chi connectivity index (χ0v) is 11.2. The number of aliphatic hydroxyl groups is 1. The second kappa shape index (κ2) is 8.37. The SMILES string of the molecule is CCN(CCO)c1ccc([N+]#N)c(C)c1.F[B-](F)(F)F. The van der Waals surface area contributed by atoms with Crippen molar-refractivity contribution in [3.63, 3.8) is 0 Å². The molecule has 1 rings (SSSR count). The van der Waals surface area contributed by atoms with Gasteiger partial charge in [-0.3, -0.25) is 0 Å². The molecule has 1 N–H and O–H groups in total. The van der Waals surface area contributed by atoms with Crippen LogP contribution in [0.3, 0.4) is 0 Å². The highest BCUT2D eigenvalue weighted by Crippen LogP contribution is 2.24. The summed E-state index contributed by atoms with van der Waals surface area (Å²) in [7, 11) is -6.00. The van der Waals surface area contributed by atoms with Crippen molar-refractivity contribution in [1.29, 1.82) is 5.39 Å². The number of aliphatic hydroxyl groups excluding tert-OH is 1. The summed E-state index contributed by atoms with van der Waals surface area (Å²) < 4.78 is 39.0. The highest BCUT2D eigenvalue weighted by atomic mass is 19.5. The summed E-state index contributed by atoms with van der Waals surface area (Å²) in [4.78, 5) is 5.24. The molecule has 0 radical (unpaired) electrons. The van der Waals surface area contributed by atoms with E-state index >= 15 is 0 Å². The third-order valence-corrected chi connectivity index (χ3v) is 2.40. The third kappa shape index (κ3) is 7.58. The number of aryl methyl sites for hydroxylation is 1. The fourth-order valence-electron chi connectivity index (χ4n) is 1.54. The minimum Gasteiger partial charge on any atom is -0.418 e. The molecule has 0 aliphatic rings. The van der Waals surface area contributed by atoms with Gasteiger partial charge in [0.05, 0.1) is 6.61 Å². The van der Waals surface area contributed by atoms with Crippen LogP contribution in [0.15, 0.2) is 18.2 Å². The van der Waals surface area contributed by atoms with Crippen molar-refractivity contribution in [2.45, 2.75) is 13.8 Å². The van der Waals surface area contributed by atoms with E-state index in [4.69, 9.17) is 10.5 Å². The monoisotopic (exact) mass is 293 g/mol. The molecule has 0 spiro atoms. The molecule has 0 aliphatic carbocycles. The average Bonchev–Trinajstić information content (AvgIpc) is 2.34. The molecule has 0 bridgehead atoms. The van der Waals surface area contributed by atoms with Crippen LogP contribution in [0.5, 0.6) is 0 Å². The number of benzene rings is 1. The van der Waals surface area contributed by atoms with Gasteiger partial charge in [0.2, 0.25) is 5.39 Å². The van der Waals surface area contributed by atoms with Crippen LogP contribution in [0.2, 0.25) is 0 Å². The summed E-state index contributed by atoms with van der Waals surface area (Å²) in [5, 5.41) is 17.6. The molecule has 0 amide bonds. The molecule has 1 aromatic rings. The Morgan fingerprint density at radius 2 is 1.85 bits per heavy atom. The van der Waals surface area contributed by atoms with Crippen LogP contribution in [0, 0.1) is 12.3 Å². The lowest BCUT2D eigenvalue weighted by Gasteiger charge is -2.21. The van der Waals surface area contributed by atoms with E-state index in [1.54, 1.807) is 6.07 Å². The van der Waals surface area contributed by atoms with E-state index in [0.29, 0.717) is 12.2 Å². The van der Waals surface area contributed by atoms with E-state index in [-0.39, 0.29) is 6.61 Å². The summed E-state index contributed by atoms with van der Waals surface area (Å²) in [5.41, 5.74) is 2.54. The first-order valence-electron chi connectivity index (χ1n) is 5.91.